The molecule has 3 heteroatoms. The van der Waals surface area contributed by atoms with Gasteiger partial charge in [0.25, 0.3) is 0 Å². The number of rotatable bonds is 4. The second kappa shape index (κ2) is 4.12. The van der Waals surface area contributed by atoms with Crippen LogP contribution in [0.2, 0.25) is 0 Å². The molecule has 1 amide bonds. The zero-order chi connectivity index (χ0) is 10.9. The summed E-state index contributed by atoms with van der Waals surface area (Å²) < 4.78 is 0. The van der Waals surface area contributed by atoms with Crippen LogP contribution in [-0.4, -0.2) is 25.0 Å². The largest absolute Gasteiger partial charge is 0.355 e. The van der Waals surface area contributed by atoms with Crippen molar-refractivity contribution in [3.63, 3.8) is 0 Å². The van der Waals surface area contributed by atoms with Crippen LogP contribution in [0.25, 0.3) is 0 Å². The van der Waals surface area contributed by atoms with Gasteiger partial charge >= 0.3 is 0 Å². The van der Waals surface area contributed by atoms with Crippen LogP contribution in [0.4, 0.5) is 0 Å². The van der Waals surface area contributed by atoms with Crippen LogP contribution in [0.1, 0.15) is 39.5 Å². The molecule has 0 spiro atoms. The normalized spacial score (nSPS) is 32.7. The molecule has 2 unspecified atom stereocenters. The smallest absolute Gasteiger partial charge is 0.224 e. The maximum Gasteiger partial charge on any atom is 0.224 e. The zero-order valence-corrected chi connectivity index (χ0v) is 9.81. The lowest BCUT2D eigenvalue weighted by Gasteiger charge is -2.18. The third-order valence-electron chi connectivity index (χ3n) is 3.92. The van der Waals surface area contributed by atoms with Crippen molar-refractivity contribution in [1.29, 1.82) is 0 Å². The van der Waals surface area contributed by atoms with Crippen LogP contribution in [0.3, 0.4) is 0 Å². The van der Waals surface area contributed by atoms with Gasteiger partial charge in [0.2, 0.25) is 5.91 Å². The van der Waals surface area contributed by atoms with Crippen LogP contribution >= 0.6 is 0 Å². The lowest BCUT2D eigenvalue weighted by atomic mass is 9.97. The first kappa shape index (κ1) is 10.9. The first-order valence-corrected chi connectivity index (χ1v) is 6.16. The van der Waals surface area contributed by atoms with E-state index in [4.69, 9.17) is 0 Å². The Kier molecular flexibility index (Phi) is 3.01. The van der Waals surface area contributed by atoms with Crippen molar-refractivity contribution in [3.05, 3.63) is 0 Å². The molecular formula is C12H22N2O. The van der Waals surface area contributed by atoms with Crippen LogP contribution in [-0.2, 0) is 4.79 Å². The molecule has 0 aromatic rings. The minimum Gasteiger partial charge on any atom is -0.355 e. The second-order valence-electron chi connectivity index (χ2n) is 5.39. The Labute approximate surface area is 92.0 Å². The van der Waals surface area contributed by atoms with Gasteiger partial charge in [0.1, 0.15) is 0 Å². The molecule has 2 aliphatic rings. The quantitative estimate of drug-likeness (QED) is 0.734. The predicted molar refractivity (Wildman–Crippen MR) is 60.5 cm³/mol. The first-order chi connectivity index (χ1) is 7.14. The highest BCUT2D eigenvalue weighted by molar-refractivity contribution is 5.79. The molecule has 1 aliphatic heterocycles. The van der Waals surface area contributed by atoms with E-state index in [9.17, 15) is 4.79 Å². The van der Waals surface area contributed by atoms with E-state index in [1.807, 2.05) is 0 Å². The first-order valence-electron chi connectivity index (χ1n) is 6.16. The van der Waals surface area contributed by atoms with Gasteiger partial charge in [-0.2, -0.15) is 0 Å². The molecule has 3 nitrogen and oxygen atoms in total. The summed E-state index contributed by atoms with van der Waals surface area (Å²) in [7, 11) is 0. The van der Waals surface area contributed by atoms with Crippen LogP contribution in [0, 0.1) is 11.3 Å². The van der Waals surface area contributed by atoms with Crippen molar-refractivity contribution in [2.45, 2.75) is 45.6 Å². The summed E-state index contributed by atoms with van der Waals surface area (Å²) in [5.41, 5.74) is 0.420. The standard InChI is InChI=1S/C12H22N2O/c1-3-10-9(4-7-13-10)11(15)14-8-12(2)5-6-12/h9-10,13H,3-8H2,1-2H3,(H,14,15). The summed E-state index contributed by atoms with van der Waals surface area (Å²) in [6, 6.07) is 0.400. The number of carbonyl (C=O) groups is 1. The fourth-order valence-corrected chi connectivity index (χ4v) is 2.33. The van der Waals surface area contributed by atoms with E-state index < -0.39 is 0 Å². The molecular weight excluding hydrogens is 188 g/mol. The van der Waals surface area contributed by atoms with Crippen LogP contribution < -0.4 is 10.6 Å². The lowest BCUT2D eigenvalue weighted by molar-refractivity contribution is -0.125. The number of hydrogen-bond acceptors (Lipinski definition) is 2. The van der Waals surface area contributed by atoms with Gasteiger partial charge in [-0.05, 0) is 37.6 Å². The Bertz CT molecular complexity index is 248. The number of carbonyl (C=O) groups excluding carboxylic acids is 1. The van der Waals surface area contributed by atoms with Gasteiger partial charge in [-0.25, -0.2) is 0 Å². The van der Waals surface area contributed by atoms with Crippen molar-refractivity contribution in [2.75, 3.05) is 13.1 Å². The molecule has 2 fully saturated rings. The van der Waals surface area contributed by atoms with E-state index in [2.05, 4.69) is 24.5 Å². The van der Waals surface area contributed by atoms with E-state index in [0.29, 0.717) is 11.5 Å². The molecule has 1 saturated carbocycles. The Balaban J connectivity index is 1.79. The third kappa shape index (κ3) is 2.51. The summed E-state index contributed by atoms with van der Waals surface area (Å²) in [5, 5.41) is 6.50. The average molecular weight is 210 g/mol. The third-order valence-corrected chi connectivity index (χ3v) is 3.92. The molecule has 2 atom stereocenters. The minimum absolute atomic E-state index is 0.206. The molecule has 1 saturated heterocycles. The summed E-state index contributed by atoms with van der Waals surface area (Å²) in [5.74, 6) is 0.470. The van der Waals surface area contributed by atoms with Crippen molar-refractivity contribution >= 4 is 5.91 Å². The highest BCUT2D eigenvalue weighted by Gasteiger charge is 2.38. The topological polar surface area (TPSA) is 41.1 Å². The Morgan fingerprint density at radius 1 is 1.53 bits per heavy atom. The van der Waals surface area contributed by atoms with Crippen molar-refractivity contribution < 1.29 is 4.79 Å². The molecule has 86 valence electrons. The van der Waals surface area contributed by atoms with E-state index in [-0.39, 0.29) is 11.8 Å². The summed E-state index contributed by atoms with van der Waals surface area (Å²) in [6.07, 6.45) is 4.59. The average Bonchev–Trinajstić information content (AvgIpc) is 2.81. The Morgan fingerprint density at radius 2 is 2.27 bits per heavy atom. The number of hydrogen-bond donors (Lipinski definition) is 2. The SMILES string of the molecule is CCC1NCCC1C(=O)NCC1(C)CC1. The number of amides is 1. The van der Waals surface area contributed by atoms with Gasteiger partial charge in [0.15, 0.2) is 0 Å². The van der Waals surface area contributed by atoms with Crippen molar-refractivity contribution in [1.82, 2.24) is 10.6 Å². The van der Waals surface area contributed by atoms with Gasteiger partial charge in [-0.15, -0.1) is 0 Å². The van der Waals surface area contributed by atoms with Crippen LogP contribution in [0.15, 0.2) is 0 Å². The van der Waals surface area contributed by atoms with Crippen LogP contribution in [0.5, 0.6) is 0 Å². The molecule has 1 heterocycles. The second-order valence-corrected chi connectivity index (χ2v) is 5.39. The molecule has 2 rings (SSSR count). The summed E-state index contributed by atoms with van der Waals surface area (Å²) in [6.45, 7) is 6.26. The maximum absolute atomic E-state index is 11.9. The number of nitrogens with one attached hydrogen (secondary N) is 2. The fourth-order valence-electron chi connectivity index (χ4n) is 2.33. The monoisotopic (exact) mass is 210 g/mol. The predicted octanol–water partition coefficient (Wildman–Crippen LogP) is 1.29. The molecule has 15 heavy (non-hydrogen) atoms. The van der Waals surface area contributed by atoms with Gasteiger partial charge in [0, 0.05) is 12.6 Å². The molecule has 1 aliphatic carbocycles. The van der Waals surface area contributed by atoms with E-state index >= 15 is 0 Å². The van der Waals surface area contributed by atoms with Crippen molar-refractivity contribution in [3.8, 4) is 0 Å². The molecule has 0 bridgehead atoms. The molecule has 0 aromatic heterocycles. The van der Waals surface area contributed by atoms with Gasteiger partial charge in [0.05, 0.1) is 5.92 Å². The van der Waals surface area contributed by atoms with Gasteiger partial charge < -0.3 is 10.6 Å². The van der Waals surface area contributed by atoms with Crippen molar-refractivity contribution in [2.24, 2.45) is 11.3 Å². The lowest BCUT2D eigenvalue weighted by Crippen LogP contribution is -2.39. The van der Waals surface area contributed by atoms with E-state index in [0.717, 1.165) is 25.9 Å². The van der Waals surface area contributed by atoms with Gasteiger partial charge in [-0.3, -0.25) is 4.79 Å². The summed E-state index contributed by atoms with van der Waals surface area (Å²) in [4.78, 5) is 11.9. The maximum atomic E-state index is 11.9. The minimum atomic E-state index is 0.206. The van der Waals surface area contributed by atoms with Gasteiger partial charge in [-0.1, -0.05) is 13.8 Å². The zero-order valence-electron chi connectivity index (χ0n) is 9.81. The highest BCUT2D eigenvalue weighted by Crippen LogP contribution is 2.44. The Hall–Kier alpha value is -0.570. The molecule has 0 aromatic carbocycles. The van der Waals surface area contributed by atoms with E-state index in [1.54, 1.807) is 0 Å². The highest BCUT2D eigenvalue weighted by atomic mass is 16.1. The van der Waals surface area contributed by atoms with E-state index in [1.165, 1.54) is 12.8 Å². The summed E-state index contributed by atoms with van der Waals surface area (Å²) >= 11 is 0. The fraction of sp³-hybridized carbons (Fsp3) is 0.917. The molecule has 2 N–H and O–H groups in total. The Morgan fingerprint density at radius 3 is 2.87 bits per heavy atom. The molecule has 0 radical (unpaired) electrons.